The van der Waals surface area contributed by atoms with Gasteiger partial charge in [0.1, 0.15) is 4.60 Å². The number of nitrogens with zero attached hydrogens (tertiary/aromatic N) is 2. The second-order valence-electron chi connectivity index (χ2n) is 2.07. The molecule has 0 aliphatic rings. The molecule has 0 radical (unpaired) electrons. The molecule has 2 aromatic rings. The summed E-state index contributed by atoms with van der Waals surface area (Å²) in [6.07, 6.45) is 1.53. The van der Waals surface area contributed by atoms with E-state index in [2.05, 4.69) is 31.1 Å². The Morgan fingerprint density at radius 2 is 2.36 bits per heavy atom. The molecule has 0 aliphatic heterocycles. The van der Waals surface area contributed by atoms with E-state index in [9.17, 15) is 4.39 Å². The smallest absolute Gasteiger partial charge is 0.156 e. The molecule has 2 heterocycles. The maximum atomic E-state index is 12.8. The molecule has 56 valence electrons. The average molecular weight is 216 g/mol. The summed E-state index contributed by atoms with van der Waals surface area (Å²) in [5.74, 6) is -0.376. The van der Waals surface area contributed by atoms with E-state index in [0.717, 1.165) is 0 Å². The van der Waals surface area contributed by atoms with Crippen LogP contribution in [-0.2, 0) is 0 Å². The minimum Gasteiger partial charge on any atom is -0.261 e. The molecule has 1 N–H and O–H groups in total. The van der Waals surface area contributed by atoms with Gasteiger partial charge in [-0.05, 0) is 22.0 Å². The Labute approximate surface area is 69.8 Å². The summed E-state index contributed by atoms with van der Waals surface area (Å²) in [7, 11) is 0. The van der Waals surface area contributed by atoms with Gasteiger partial charge in [-0.1, -0.05) is 0 Å². The quantitative estimate of drug-likeness (QED) is 0.682. The molecule has 0 fully saturated rings. The summed E-state index contributed by atoms with van der Waals surface area (Å²) in [5, 5.41) is 7.01. The van der Waals surface area contributed by atoms with Crippen molar-refractivity contribution in [2.24, 2.45) is 0 Å². The van der Waals surface area contributed by atoms with Gasteiger partial charge < -0.3 is 0 Å². The molecule has 2 rings (SSSR count). The molecule has 5 heteroatoms. The molecule has 0 aliphatic carbocycles. The number of rotatable bonds is 0. The second-order valence-corrected chi connectivity index (χ2v) is 2.82. The number of H-pyrrole nitrogens is 1. The Morgan fingerprint density at radius 1 is 1.55 bits per heavy atom. The first-order valence-electron chi connectivity index (χ1n) is 2.92. The van der Waals surface area contributed by atoms with Gasteiger partial charge in [0.05, 0.1) is 6.20 Å². The lowest BCUT2D eigenvalue weighted by Gasteiger charge is -1.91. The van der Waals surface area contributed by atoms with Crippen LogP contribution in [0.4, 0.5) is 4.39 Å². The van der Waals surface area contributed by atoms with E-state index < -0.39 is 0 Å². The maximum Gasteiger partial charge on any atom is 0.156 e. The Kier molecular flexibility index (Phi) is 1.38. The van der Waals surface area contributed by atoms with Crippen molar-refractivity contribution in [1.29, 1.82) is 0 Å². The van der Waals surface area contributed by atoms with Gasteiger partial charge in [-0.2, -0.15) is 5.10 Å². The highest BCUT2D eigenvalue weighted by atomic mass is 79.9. The minimum atomic E-state index is -0.376. The van der Waals surface area contributed by atoms with Crippen molar-refractivity contribution >= 4 is 27.0 Å². The van der Waals surface area contributed by atoms with Gasteiger partial charge in [0.2, 0.25) is 0 Å². The van der Waals surface area contributed by atoms with Crippen LogP contribution in [0.2, 0.25) is 0 Å². The van der Waals surface area contributed by atoms with E-state index in [4.69, 9.17) is 0 Å². The van der Waals surface area contributed by atoms with E-state index >= 15 is 0 Å². The fraction of sp³-hybridized carbons (Fsp3) is 0. The first-order valence-corrected chi connectivity index (χ1v) is 3.72. The predicted molar refractivity (Wildman–Crippen MR) is 41.5 cm³/mol. The van der Waals surface area contributed by atoms with Crippen LogP contribution in [0, 0.1) is 5.82 Å². The van der Waals surface area contributed by atoms with Gasteiger partial charge in [0.15, 0.2) is 11.5 Å². The lowest BCUT2D eigenvalue weighted by atomic mass is 10.3. The van der Waals surface area contributed by atoms with Crippen molar-refractivity contribution in [3.05, 3.63) is 22.7 Å². The van der Waals surface area contributed by atoms with Crippen molar-refractivity contribution < 1.29 is 4.39 Å². The number of fused-ring (bicyclic) bond motifs is 1. The average Bonchev–Trinajstić information content (AvgIpc) is 2.36. The molecule has 0 aromatic carbocycles. The molecular weight excluding hydrogens is 213 g/mol. The SMILES string of the molecule is Fc1cc2cn[nH]c2nc1Br. The van der Waals surface area contributed by atoms with Crippen molar-refractivity contribution in [2.75, 3.05) is 0 Å². The molecule has 3 nitrogen and oxygen atoms in total. The fourth-order valence-electron chi connectivity index (χ4n) is 0.831. The zero-order chi connectivity index (χ0) is 7.84. The monoisotopic (exact) mass is 215 g/mol. The van der Waals surface area contributed by atoms with Gasteiger partial charge in [-0.15, -0.1) is 0 Å². The maximum absolute atomic E-state index is 12.8. The zero-order valence-electron chi connectivity index (χ0n) is 5.31. The number of nitrogens with one attached hydrogen (secondary N) is 1. The van der Waals surface area contributed by atoms with E-state index in [-0.39, 0.29) is 10.4 Å². The van der Waals surface area contributed by atoms with Crippen LogP contribution in [0.25, 0.3) is 11.0 Å². The third kappa shape index (κ3) is 1.01. The van der Waals surface area contributed by atoms with E-state index in [1.54, 1.807) is 0 Å². The van der Waals surface area contributed by atoms with Crippen molar-refractivity contribution in [2.45, 2.75) is 0 Å². The Bertz CT molecular complexity index is 362. The van der Waals surface area contributed by atoms with E-state index in [1.165, 1.54) is 12.3 Å². The highest BCUT2D eigenvalue weighted by Gasteiger charge is 2.03. The standard InChI is InChI=1S/C6H3BrFN3/c7-5-4(8)1-3-2-9-11-6(3)10-5/h1-2H,(H,9,10,11). The Balaban J connectivity index is 2.86. The molecule has 0 saturated heterocycles. The van der Waals surface area contributed by atoms with Crippen LogP contribution in [0.3, 0.4) is 0 Å². The Hall–Kier alpha value is -0.970. The molecule has 0 amide bonds. The topological polar surface area (TPSA) is 41.6 Å². The number of hydrogen-bond donors (Lipinski definition) is 1. The minimum absolute atomic E-state index is 0.203. The largest absolute Gasteiger partial charge is 0.261 e. The Morgan fingerprint density at radius 3 is 3.18 bits per heavy atom. The number of pyridine rings is 1. The molecule has 2 aromatic heterocycles. The van der Waals surface area contributed by atoms with Gasteiger partial charge in [0.25, 0.3) is 0 Å². The van der Waals surface area contributed by atoms with Gasteiger partial charge in [0, 0.05) is 5.39 Å². The van der Waals surface area contributed by atoms with Gasteiger partial charge >= 0.3 is 0 Å². The molecule has 0 unspecified atom stereocenters. The summed E-state index contributed by atoms with van der Waals surface area (Å²) in [5.41, 5.74) is 0.582. The zero-order valence-corrected chi connectivity index (χ0v) is 6.89. The summed E-state index contributed by atoms with van der Waals surface area (Å²) >= 11 is 2.97. The van der Waals surface area contributed by atoms with Crippen LogP contribution in [0.1, 0.15) is 0 Å². The van der Waals surface area contributed by atoms with Crippen LogP contribution >= 0.6 is 15.9 Å². The van der Waals surface area contributed by atoms with Crippen LogP contribution < -0.4 is 0 Å². The van der Waals surface area contributed by atoms with Crippen molar-refractivity contribution in [3.8, 4) is 0 Å². The molecule has 0 spiro atoms. The number of halogens is 2. The third-order valence-electron chi connectivity index (χ3n) is 1.34. The van der Waals surface area contributed by atoms with Crippen LogP contribution in [0.15, 0.2) is 16.9 Å². The van der Waals surface area contributed by atoms with Gasteiger partial charge in [-0.3, -0.25) is 5.10 Å². The first-order chi connectivity index (χ1) is 5.27. The van der Waals surface area contributed by atoms with Crippen LogP contribution in [0.5, 0.6) is 0 Å². The lowest BCUT2D eigenvalue weighted by Crippen LogP contribution is -1.83. The first kappa shape index (κ1) is 6.72. The normalized spacial score (nSPS) is 10.7. The number of hydrogen-bond acceptors (Lipinski definition) is 2. The fourth-order valence-corrected chi connectivity index (χ4v) is 1.12. The van der Waals surface area contributed by atoms with E-state index in [0.29, 0.717) is 11.0 Å². The molecule has 0 bridgehead atoms. The van der Waals surface area contributed by atoms with Gasteiger partial charge in [-0.25, -0.2) is 9.37 Å². The summed E-state index contributed by atoms with van der Waals surface area (Å²) < 4.78 is 13.0. The molecular formula is C6H3BrFN3. The summed E-state index contributed by atoms with van der Waals surface area (Å²) in [4.78, 5) is 3.86. The molecule has 0 atom stereocenters. The van der Waals surface area contributed by atoms with Crippen LogP contribution in [-0.4, -0.2) is 15.2 Å². The van der Waals surface area contributed by atoms with E-state index in [1.807, 2.05) is 0 Å². The van der Waals surface area contributed by atoms with Crippen molar-refractivity contribution in [3.63, 3.8) is 0 Å². The highest BCUT2D eigenvalue weighted by Crippen LogP contribution is 2.16. The summed E-state index contributed by atoms with van der Waals surface area (Å²) in [6, 6.07) is 1.37. The summed E-state index contributed by atoms with van der Waals surface area (Å²) in [6.45, 7) is 0. The van der Waals surface area contributed by atoms with Crippen molar-refractivity contribution in [1.82, 2.24) is 15.2 Å². The molecule has 11 heavy (non-hydrogen) atoms. The number of aromatic amines is 1. The highest BCUT2D eigenvalue weighted by molar-refractivity contribution is 9.10. The lowest BCUT2D eigenvalue weighted by molar-refractivity contribution is 0.616. The predicted octanol–water partition coefficient (Wildman–Crippen LogP) is 1.86. The number of aromatic nitrogens is 3. The third-order valence-corrected chi connectivity index (χ3v) is 1.89. The second kappa shape index (κ2) is 2.27. The molecule has 0 saturated carbocycles.